The lowest BCUT2D eigenvalue weighted by Crippen LogP contribution is -2.62. The molecule has 54 heavy (non-hydrogen) atoms. The predicted octanol–water partition coefficient (Wildman–Crippen LogP) is 4.75. The molecule has 2 N–H and O–H groups in total. The van der Waals surface area contributed by atoms with Gasteiger partial charge in [0, 0.05) is 49.8 Å². The quantitative estimate of drug-likeness (QED) is 0.181. The molecule has 0 radical (unpaired) electrons. The van der Waals surface area contributed by atoms with E-state index in [0.29, 0.717) is 19.4 Å². The number of likely N-dealkylation sites (N-methyl/N-ethyl adjacent to an activating group) is 1. The van der Waals surface area contributed by atoms with Crippen LogP contribution in [0.25, 0.3) is 0 Å². The van der Waals surface area contributed by atoms with Crippen LogP contribution in [0.15, 0.2) is 24.5 Å². The average Bonchev–Trinajstić information content (AvgIpc) is 3.40. The molecule has 3 fully saturated rings. The molecule has 3 saturated heterocycles. The summed E-state index contributed by atoms with van der Waals surface area (Å²) in [6.07, 6.45) is 0.264. The Morgan fingerprint density at radius 3 is 2.31 bits per heavy atom. The Balaban J connectivity index is 1.74. The Morgan fingerprint density at radius 2 is 1.70 bits per heavy atom. The van der Waals surface area contributed by atoms with Gasteiger partial charge in [-0.1, -0.05) is 34.6 Å². The number of aromatic nitrogens is 1. The number of amides is 1. The number of nitrogens with one attached hydrogen (secondary N) is 1. The maximum Gasteiger partial charge on any atom is 0.410 e. The first kappa shape index (κ1) is 43.7. The number of esters is 1. The number of ether oxygens (including phenoxy) is 5. The summed E-state index contributed by atoms with van der Waals surface area (Å²) in [6, 6.07) is 2.58. The Morgan fingerprint density at radius 1 is 1.04 bits per heavy atom. The number of ketones is 2. The lowest BCUT2D eigenvalue weighted by Gasteiger charge is -2.46. The molecule has 1 amide bonds. The van der Waals surface area contributed by atoms with Crippen molar-refractivity contribution in [1.82, 2.24) is 15.2 Å². The maximum atomic E-state index is 16.8. The third kappa shape index (κ3) is 8.98. The van der Waals surface area contributed by atoms with Crippen molar-refractivity contribution < 1.29 is 52.4 Å². The third-order valence-electron chi connectivity index (χ3n) is 11.9. The SMILES string of the molecule is CCN[C@H]1C[C@@H](C)O[C@@H](O[C@@H]2[C@H](C)C(=O)[C@](C)(F)C(=O)O[C@H](CC)[C@@]3(C)OC(=O)N(CCCCc4ccncc4)C3[C@@H](C)C(=O)[C@H](C)C[C@@]2(C)OC)[C@H]1O. The van der Waals surface area contributed by atoms with Gasteiger partial charge in [0.05, 0.1) is 23.9 Å². The second-order valence-electron chi connectivity index (χ2n) is 16.0. The van der Waals surface area contributed by atoms with Crippen molar-refractivity contribution >= 4 is 23.6 Å². The number of aliphatic hydroxyl groups is 1. The largest absolute Gasteiger partial charge is 0.455 e. The summed E-state index contributed by atoms with van der Waals surface area (Å²) >= 11 is 0. The number of carbonyl (C=O) groups excluding carboxylic acids is 4. The van der Waals surface area contributed by atoms with Gasteiger partial charge in [-0.05, 0) is 90.5 Å². The fraction of sp³-hybridized carbons (Fsp3) is 0.775. The summed E-state index contributed by atoms with van der Waals surface area (Å²) in [5.74, 6) is -5.69. The smallest absolute Gasteiger partial charge is 0.410 e. The summed E-state index contributed by atoms with van der Waals surface area (Å²) in [6.45, 7) is 15.3. The minimum atomic E-state index is -3.16. The molecule has 304 valence electrons. The second-order valence-corrected chi connectivity index (χ2v) is 16.0. The molecule has 3 aliphatic rings. The number of pyridine rings is 1. The highest BCUT2D eigenvalue weighted by Crippen LogP contribution is 2.43. The molecule has 1 aromatic heterocycles. The number of nitrogens with zero attached hydrogens (tertiary/aromatic N) is 2. The van der Waals surface area contributed by atoms with E-state index in [1.54, 1.807) is 47.0 Å². The first-order valence-electron chi connectivity index (χ1n) is 19.5. The van der Waals surface area contributed by atoms with Gasteiger partial charge in [-0.25, -0.2) is 14.0 Å². The number of aryl methyl sites for hydroxylation is 1. The number of halogens is 1. The van der Waals surface area contributed by atoms with Gasteiger partial charge in [-0.3, -0.25) is 14.6 Å². The van der Waals surface area contributed by atoms with Crippen molar-refractivity contribution in [2.45, 2.75) is 160 Å². The van der Waals surface area contributed by atoms with Gasteiger partial charge in [0.15, 0.2) is 17.7 Å². The Labute approximate surface area is 319 Å². The Hall–Kier alpha value is -3.04. The number of rotatable bonds is 11. The van der Waals surface area contributed by atoms with Gasteiger partial charge in [0.1, 0.15) is 18.0 Å². The molecule has 1 unspecified atom stereocenters. The molecule has 4 rings (SSSR count). The molecule has 4 heterocycles. The summed E-state index contributed by atoms with van der Waals surface area (Å²) in [5.41, 5.74) is -5.05. The van der Waals surface area contributed by atoms with Crippen LogP contribution < -0.4 is 5.32 Å². The first-order valence-corrected chi connectivity index (χ1v) is 19.5. The van der Waals surface area contributed by atoms with Crippen molar-refractivity contribution in [3.63, 3.8) is 0 Å². The van der Waals surface area contributed by atoms with Crippen LogP contribution in [-0.2, 0) is 44.5 Å². The number of fused-ring (bicyclic) bond motifs is 1. The molecule has 13 atom stereocenters. The van der Waals surface area contributed by atoms with Crippen LogP contribution >= 0.6 is 0 Å². The highest BCUT2D eigenvalue weighted by atomic mass is 19.1. The fourth-order valence-corrected chi connectivity index (χ4v) is 8.85. The van der Waals surface area contributed by atoms with E-state index in [1.165, 1.54) is 18.9 Å². The Bertz CT molecular complexity index is 1470. The zero-order valence-electron chi connectivity index (χ0n) is 33.6. The third-order valence-corrected chi connectivity index (χ3v) is 11.9. The lowest BCUT2D eigenvalue weighted by molar-refractivity contribution is -0.290. The van der Waals surface area contributed by atoms with Crippen molar-refractivity contribution in [3.05, 3.63) is 30.1 Å². The van der Waals surface area contributed by atoms with E-state index >= 15 is 4.39 Å². The van der Waals surface area contributed by atoms with E-state index in [-0.39, 0.29) is 37.3 Å². The van der Waals surface area contributed by atoms with E-state index in [1.807, 2.05) is 26.0 Å². The van der Waals surface area contributed by atoms with Gasteiger partial charge in [-0.15, -0.1) is 0 Å². The summed E-state index contributed by atoms with van der Waals surface area (Å²) in [4.78, 5) is 61.9. The molecule has 0 aliphatic carbocycles. The monoisotopic (exact) mass is 763 g/mol. The topological polar surface area (TPSA) is 163 Å². The predicted molar refractivity (Wildman–Crippen MR) is 197 cm³/mol. The fourth-order valence-electron chi connectivity index (χ4n) is 8.85. The molecule has 3 aliphatic heterocycles. The number of hydrogen-bond acceptors (Lipinski definition) is 12. The first-order chi connectivity index (χ1) is 25.4. The van der Waals surface area contributed by atoms with Crippen molar-refractivity contribution in [3.8, 4) is 0 Å². The van der Waals surface area contributed by atoms with Crippen LogP contribution in [-0.4, -0.2) is 118 Å². The number of alkyl halides is 1. The number of Topliss-reactive ketones (excluding diaryl/α,β-unsaturated/α-hetero) is 2. The van der Waals surface area contributed by atoms with Gasteiger partial charge in [-0.2, -0.15) is 0 Å². The van der Waals surface area contributed by atoms with Crippen LogP contribution in [0.2, 0.25) is 0 Å². The standard InChI is InChI=1S/C40H62FN3O10/c1-11-29-40(9)32(44(37(49)54-40)20-14-13-15-27-16-18-42-19-17-27)25(5)30(45)23(3)22-38(7,50-10)34(26(6)33(47)39(8,41)36(48)52-29)53-35-31(46)28(43-12-2)21-24(4)51-35/h16-19,23-26,28-29,31-32,34-35,43,46H,11-15,20-22H2,1-10H3/t23-,24-,25+,26-,28+,29-,31+,32?,34-,35+,38-,39+,40-/m1/s1. The van der Waals surface area contributed by atoms with Crippen LogP contribution in [0.5, 0.6) is 0 Å². The number of methoxy groups -OCH3 is 1. The lowest BCUT2D eigenvalue weighted by atomic mass is 9.73. The van der Waals surface area contributed by atoms with Gasteiger partial charge in [0.25, 0.3) is 5.67 Å². The highest BCUT2D eigenvalue weighted by Gasteiger charge is 2.61. The van der Waals surface area contributed by atoms with Crippen molar-refractivity contribution in [2.75, 3.05) is 20.2 Å². The number of unbranched alkanes of at least 4 members (excludes halogenated alkanes) is 1. The van der Waals surface area contributed by atoms with Gasteiger partial charge in [0.2, 0.25) is 0 Å². The summed E-state index contributed by atoms with van der Waals surface area (Å²) < 4.78 is 47.2. The normalized spacial score (nSPS) is 39.8. The maximum absolute atomic E-state index is 16.8. The molecule has 1 aromatic rings. The summed E-state index contributed by atoms with van der Waals surface area (Å²) in [5, 5.41) is 14.6. The average molecular weight is 764 g/mol. The number of cyclic esters (lactones) is 1. The van der Waals surface area contributed by atoms with Crippen LogP contribution in [0.1, 0.15) is 100.0 Å². The van der Waals surface area contributed by atoms with E-state index in [2.05, 4.69) is 10.3 Å². The molecule has 13 nitrogen and oxygen atoms in total. The molecule has 14 heteroatoms. The number of aliphatic hydroxyl groups excluding tert-OH is 1. The van der Waals surface area contributed by atoms with Gasteiger partial charge < -0.3 is 39.0 Å². The second kappa shape index (κ2) is 17.8. The van der Waals surface area contributed by atoms with Crippen molar-refractivity contribution in [1.29, 1.82) is 0 Å². The van der Waals surface area contributed by atoms with Crippen LogP contribution in [0.4, 0.5) is 9.18 Å². The summed E-state index contributed by atoms with van der Waals surface area (Å²) in [7, 11) is 1.41. The highest BCUT2D eigenvalue weighted by molar-refractivity contribution is 6.08. The Kier molecular flexibility index (Phi) is 14.4. The zero-order valence-corrected chi connectivity index (χ0v) is 33.6. The molecule has 0 aromatic carbocycles. The van der Waals surface area contributed by atoms with E-state index < -0.39 is 83.1 Å². The molecule has 0 spiro atoms. The van der Waals surface area contributed by atoms with E-state index in [9.17, 15) is 24.3 Å². The molecule has 0 bridgehead atoms. The minimum Gasteiger partial charge on any atom is -0.455 e. The van der Waals surface area contributed by atoms with E-state index in [0.717, 1.165) is 25.3 Å². The van der Waals surface area contributed by atoms with Crippen LogP contribution in [0.3, 0.4) is 0 Å². The van der Waals surface area contributed by atoms with Crippen LogP contribution in [0, 0.1) is 17.8 Å². The van der Waals surface area contributed by atoms with Crippen molar-refractivity contribution in [2.24, 2.45) is 17.8 Å². The van der Waals surface area contributed by atoms with Gasteiger partial charge >= 0.3 is 12.1 Å². The molecule has 0 saturated carbocycles. The molecular formula is C40H62FN3O10. The number of hydrogen-bond donors (Lipinski definition) is 2. The minimum absolute atomic E-state index is 0.0127. The van der Waals surface area contributed by atoms with E-state index in [4.69, 9.17) is 23.7 Å². The zero-order chi connectivity index (χ0) is 40.2. The number of carbonyl (C=O) groups is 4. The molecular weight excluding hydrogens is 701 g/mol.